The van der Waals surface area contributed by atoms with Crippen molar-refractivity contribution in [3.63, 3.8) is 0 Å². The van der Waals surface area contributed by atoms with Crippen molar-refractivity contribution in [2.45, 2.75) is 33.6 Å². The quantitative estimate of drug-likeness (QED) is 0.589. The molecule has 0 amide bonds. The van der Waals surface area contributed by atoms with E-state index >= 15 is 0 Å². The highest BCUT2D eigenvalue weighted by molar-refractivity contribution is 6.25. The van der Waals surface area contributed by atoms with Gasteiger partial charge in [-0.3, -0.25) is 9.78 Å². The number of aryl methyl sites for hydroxylation is 3. The van der Waals surface area contributed by atoms with Gasteiger partial charge in [0.15, 0.2) is 5.78 Å². The molecule has 1 aromatic carbocycles. The molecule has 0 bridgehead atoms. The van der Waals surface area contributed by atoms with Crippen LogP contribution in [0.1, 0.15) is 34.4 Å². The van der Waals surface area contributed by atoms with Gasteiger partial charge in [0.25, 0.3) is 0 Å². The van der Waals surface area contributed by atoms with Crippen molar-refractivity contribution >= 4 is 17.5 Å². The molecule has 1 unspecified atom stereocenters. The van der Waals surface area contributed by atoms with E-state index in [-0.39, 0.29) is 18.1 Å². The van der Waals surface area contributed by atoms with Crippen molar-refractivity contribution in [2.24, 2.45) is 5.92 Å². The first-order chi connectivity index (χ1) is 13.4. The minimum atomic E-state index is -1.01. The van der Waals surface area contributed by atoms with Crippen LogP contribution in [0, 0.1) is 39.2 Å². The summed E-state index contributed by atoms with van der Waals surface area (Å²) >= 11 is 0. The predicted molar refractivity (Wildman–Crippen MR) is 105 cm³/mol. The average molecular weight is 375 g/mol. The summed E-state index contributed by atoms with van der Waals surface area (Å²) in [5.74, 6) is -0.135. The van der Waals surface area contributed by atoms with Gasteiger partial charge < -0.3 is 9.47 Å². The van der Waals surface area contributed by atoms with Crippen LogP contribution in [0.2, 0.25) is 0 Å². The van der Waals surface area contributed by atoms with Gasteiger partial charge in [0, 0.05) is 30.7 Å². The Morgan fingerprint density at radius 3 is 2.57 bits per heavy atom. The number of benzene rings is 1. The Kier molecular flexibility index (Phi) is 5.60. The Hall–Kier alpha value is -3.39. The molecule has 5 nitrogen and oxygen atoms in total. The van der Waals surface area contributed by atoms with Crippen LogP contribution in [0.5, 0.6) is 0 Å². The number of ether oxygens (including phenoxy) is 2. The molecule has 1 aliphatic rings. The van der Waals surface area contributed by atoms with E-state index in [1.165, 1.54) is 0 Å². The van der Waals surface area contributed by atoms with Gasteiger partial charge in [0.05, 0.1) is 5.57 Å². The first-order valence-electron chi connectivity index (χ1n) is 9.00. The number of terminal acetylenes is 1. The van der Waals surface area contributed by atoms with Gasteiger partial charge in [-0.2, -0.15) is 0 Å². The highest BCUT2D eigenvalue weighted by atomic mass is 16.7. The fourth-order valence-electron chi connectivity index (χ4n) is 3.80. The molecule has 3 rings (SSSR count). The van der Waals surface area contributed by atoms with Gasteiger partial charge in [-0.25, -0.2) is 4.79 Å². The van der Waals surface area contributed by atoms with Crippen LogP contribution in [0.4, 0.5) is 4.79 Å². The van der Waals surface area contributed by atoms with Crippen molar-refractivity contribution in [1.29, 1.82) is 0 Å². The lowest BCUT2D eigenvalue weighted by Gasteiger charge is -2.14. The topological polar surface area (TPSA) is 65.5 Å². The Bertz CT molecular complexity index is 976. The first kappa shape index (κ1) is 19.4. The monoisotopic (exact) mass is 375 g/mol. The van der Waals surface area contributed by atoms with Crippen LogP contribution in [0.25, 0.3) is 5.57 Å². The molecule has 0 spiro atoms. The molecule has 1 aliphatic carbocycles. The smallest absolute Gasteiger partial charge is 0.398 e. The van der Waals surface area contributed by atoms with Gasteiger partial charge >= 0.3 is 6.16 Å². The third-order valence-corrected chi connectivity index (χ3v) is 4.79. The average Bonchev–Trinajstić information content (AvgIpc) is 2.91. The van der Waals surface area contributed by atoms with Crippen LogP contribution >= 0.6 is 0 Å². The molecule has 0 radical (unpaired) electrons. The van der Waals surface area contributed by atoms with E-state index in [4.69, 9.17) is 11.2 Å². The molecule has 0 saturated carbocycles. The lowest BCUT2D eigenvalue weighted by atomic mass is 9.90. The number of pyridine rings is 1. The lowest BCUT2D eigenvalue weighted by molar-refractivity contribution is -0.116. The lowest BCUT2D eigenvalue weighted by Crippen LogP contribution is -2.14. The van der Waals surface area contributed by atoms with Gasteiger partial charge in [-0.05, 0) is 49.6 Å². The van der Waals surface area contributed by atoms with Crippen LogP contribution < -0.4 is 0 Å². The summed E-state index contributed by atoms with van der Waals surface area (Å²) in [6, 6.07) is 9.60. The van der Waals surface area contributed by atoms with Crippen LogP contribution in [-0.2, 0) is 20.7 Å². The van der Waals surface area contributed by atoms with E-state index < -0.39 is 6.16 Å². The number of carbonyl (C=O) groups is 2. The molecule has 142 valence electrons. The number of rotatable bonds is 4. The second-order valence-electron chi connectivity index (χ2n) is 6.93. The molecule has 28 heavy (non-hydrogen) atoms. The highest BCUT2D eigenvalue weighted by Gasteiger charge is 2.38. The van der Waals surface area contributed by atoms with Gasteiger partial charge in [0.1, 0.15) is 11.9 Å². The number of Topliss-reactive ketones (excluding diaryl/α,β-unsaturated/α-hetero) is 1. The summed E-state index contributed by atoms with van der Waals surface area (Å²) in [4.78, 5) is 29.4. The summed E-state index contributed by atoms with van der Waals surface area (Å²) in [5, 5.41) is 0. The van der Waals surface area contributed by atoms with Gasteiger partial charge in [0.2, 0.25) is 0 Å². The zero-order valence-corrected chi connectivity index (χ0v) is 16.1. The largest absolute Gasteiger partial charge is 0.527 e. The highest BCUT2D eigenvalue weighted by Crippen LogP contribution is 2.40. The molecule has 1 atom stereocenters. The zero-order valence-electron chi connectivity index (χ0n) is 16.1. The first-order valence-corrected chi connectivity index (χ1v) is 9.00. The Labute approximate surface area is 164 Å². The minimum Gasteiger partial charge on any atom is -0.398 e. The van der Waals surface area contributed by atoms with E-state index in [0.717, 1.165) is 27.9 Å². The number of nitrogens with zero attached hydrogens (tertiary/aromatic N) is 1. The fourth-order valence-corrected chi connectivity index (χ4v) is 3.80. The number of allylic oxidation sites excluding steroid dienone is 2. The third kappa shape index (κ3) is 3.96. The van der Waals surface area contributed by atoms with Crippen molar-refractivity contribution in [3.05, 3.63) is 70.2 Å². The van der Waals surface area contributed by atoms with Crippen molar-refractivity contribution < 1.29 is 19.1 Å². The van der Waals surface area contributed by atoms with Crippen molar-refractivity contribution in [3.8, 4) is 12.5 Å². The molecule has 1 heterocycles. The molecule has 2 aromatic rings. The SMILES string of the molecule is C#COC(=O)OC1=C(c2c(C)cc(C)cc2C)C(=O)C(Cc2ccccn2)C1. The Balaban J connectivity index is 2.01. The van der Waals surface area contributed by atoms with Crippen molar-refractivity contribution in [2.75, 3.05) is 0 Å². The van der Waals surface area contributed by atoms with E-state index in [2.05, 4.69) is 9.72 Å². The zero-order chi connectivity index (χ0) is 20.3. The predicted octanol–water partition coefficient (Wildman–Crippen LogP) is 4.29. The van der Waals surface area contributed by atoms with E-state index in [9.17, 15) is 9.59 Å². The number of hydrogen-bond acceptors (Lipinski definition) is 5. The summed E-state index contributed by atoms with van der Waals surface area (Å²) in [7, 11) is 0. The van der Waals surface area contributed by atoms with E-state index in [0.29, 0.717) is 17.8 Å². The van der Waals surface area contributed by atoms with Crippen LogP contribution in [0.3, 0.4) is 0 Å². The van der Waals surface area contributed by atoms with Crippen molar-refractivity contribution in [1.82, 2.24) is 4.98 Å². The molecule has 0 N–H and O–H groups in total. The van der Waals surface area contributed by atoms with Crippen LogP contribution in [-0.4, -0.2) is 16.9 Å². The van der Waals surface area contributed by atoms with Crippen LogP contribution in [0.15, 0.2) is 42.3 Å². The molecular weight excluding hydrogens is 354 g/mol. The van der Waals surface area contributed by atoms with Gasteiger partial charge in [-0.15, -0.1) is 0 Å². The minimum absolute atomic E-state index is 0.0655. The molecule has 0 aliphatic heterocycles. The number of hydrogen-bond donors (Lipinski definition) is 0. The molecule has 0 fully saturated rings. The molecule has 5 heteroatoms. The summed E-state index contributed by atoms with van der Waals surface area (Å²) in [6.07, 6.45) is 8.24. The number of aromatic nitrogens is 1. The second-order valence-corrected chi connectivity index (χ2v) is 6.93. The van der Waals surface area contributed by atoms with E-state index in [1.54, 1.807) is 12.3 Å². The standard InChI is InChI=1S/C23H21NO4/c1-5-27-23(26)28-19-13-17(12-18-8-6-7-9-24-18)22(25)21(19)20-15(3)10-14(2)11-16(20)4/h1,6-11,17H,12-13H2,2-4H3. The summed E-state index contributed by atoms with van der Waals surface area (Å²) in [6.45, 7) is 5.89. The maximum absolute atomic E-state index is 13.3. The maximum Gasteiger partial charge on any atom is 0.527 e. The molecular formula is C23H21NO4. The summed E-state index contributed by atoms with van der Waals surface area (Å²) in [5.41, 5.74) is 5.03. The number of ketones is 1. The third-order valence-electron chi connectivity index (χ3n) is 4.79. The number of carbonyl (C=O) groups excluding carboxylic acids is 2. The maximum atomic E-state index is 13.3. The Morgan fingerprint density at radius 2 is 1.96 bits per heavy atom. The normalized spacial score (nSPS) is 16.1. The molecule has 0 saturated heterocycles. The van der Waals surface area contributed by atoms with Gasteiger partial charge in [-0.1, -0.05) is 30.2 Å². The summed E-state index contributed by atoms with van der Waals surface area (Å²) < 4.78 is 9.80. The van der Waals surface area contributed by atoms with E-state index in [1.807, 2.05) is 51.1 Å². The Morgan fingerprint density at radius 1 is 1.25 bits per heavy atom. The second kappa shape index (κ2) is 8.10. The fraction of sp³-hybridized carbons (Fsp3) is 0.261. The molecule has 1 aromatic heterocycles.